The van der Waals surface area contributed by atoms with Crippen LogP contribution in [0.4, 0.5) is 13.2 Å². The fourth-order valence-corrected chi connectivity index (χ4v) is 2.27. The molecular weight excluding hydrogens is 333 g/mol. The zero-order valence-corrected chi connectivity index (χ0v) is 12.9. The molecule has 3 aromatic rings. The average molecular weight is 346 g/mol. The van der Waals surface area contributed by atoms with Crippen molar-refractivity contribution in [2.24, 2.45) is 0 Å². The molecule has 1 N–H and O–H groups in total. The normalized spacial score (nSPS) is 11.3. The Balaban J connectivity index is 1.78. The number of carbonyl (C=O) groups excluding carboxylic acids is 1. The topological polar surface area (TPSA) is 59.8 Å². The van der Waals surface area contributed by atoms with Crippen LogP contribution in [0.15, 0.2) is 60.8 Å². The molecule has 128 valence electrons. The second-order valence-electron chi connectivity index (χ2n) is 5.23. The summed E-state index contributed by atoms with van der Waals surface area (Å²) in [6.07, 6.45) is -3.36. The van der Waals surface area contributed by atoms with Crippen LogP contribution in [0.2, 0.25) is 0 Å². The molecule has 0 fully saturated rings. The second kappa shape index (κ2) is 6.76. The molecule has 0 saturated carbocycles. The summed E-state index contributed by atoms with van der Waals surface area (Å²) in [5.74, 6) is -0.514. The molecule has 25 heavy (non-hydrogen) atoms. The number of benzene rings is 2. The van der Waals surface area contributed by atoms with Gasteiger partial charge < -0.3 is 5.32 Å². The number of rotatable bonds is 4. The number of carbonyl (C=O) groups is 1. The van der Waals surface area contributed by atoms with Crippen LogP contribution >= 0.6 is 0 Å². The van der Waals surface area contributed by atoms with Gasteiger partial charge in [0.15, 0.2) is 5.69 Å². The predicted molar refractivity (Wildman–Crippen MR) is 84.0 cm³/mol. The summed E-state index contributed by atoms with van der Waals surface area (Å²) < 4.78 is 40.1. The molecule has 0 radical (unpaired) electrons. The number of hydrogen-bond acceptors (Lipinski definition) is 3. The van der Waals surface area contributed by atoms with Gasteiger partial charge in [0.05, 0.1) is 17.4 Å². The Hall–Kier alpha value is -3.16. The molecule has 0 atom stereocenters. The maximum Gasteiger partial charge on any atom is 0.418 e. The van der Waals surface area contributed by atoms with Gasteiger partial charge in [-0.2, -0.15) is 13.2 Å². The summed E-state index contributed by atoms with van der Waals surface area (Å²) in [5.41, 5.74) is -0.209. The van der Waals surface area contributed by atoms with Crippen molar-refractivity contribution in [3.63, 3.8) is 0 Å². The molecular formula is C17H13F3N4O. The standard InChI is InChI=1S/C17H13F3N4O/c18-17(19,20)13-8-4-5-9-15(13)24-11-14(22-23-24)16(25)21-10-12-6-2-1-3-7-12/h1-9,11H,10H2,(H,21,25). The first-order valence-electron chi connectivity index (χ1n) is 7.36. The van der Waals surface area contributed by atoms with Crippen LogP contribution in [0.5, 0.6) is 0 Å². The van der Waals surface area contributed by atoms with Gasteiger partial charge in [-0.1, -0.05) is 47.7 Å². The van der Waals surface area contributed by atoms with E-state index in [0.717, 1.165) is 16.3 Å². The van der Waals surface area contributed by atoms with Gasteiger partial charge in [-0.3, -0.25) is 4.79 Å². The van der Waals surface area contributed by atoms with E-state index in [2.05, 4.69) is 15.6 Å². The molecule has 2 aromatic carbocycles. The second-order valence-corrected chi connectivity index (χ2v) is 5.23. The first-order chi connectivity index (χ1) is 11.9. The number of hydrogen-bond donors (Lipinski definition) is 1. The average Bonchev–Trinajstić information content (AvgIpc) is 3.10. The van der Waals surface area contributed by atoms with E-state index in [9.17, 15) is 18.0 Å². The predicted octanol–water partition coefficient (Wildman–Crippen LogP) is 3.22. The van der Waals surface area contributed by atoms with Crippen molar-refractivity contribution in [3.05, 3.63) is 77.6 Å². The van der Waals surface area contributed by atoms with Crippen LogP contribution in [0.1, 0.15) is 21.6 Å². The maximum absolute atomic E-state index is 13.1. The fraction of sp³-hybridized carbons (Fsp3) is 0.118. The molecule has 0 unspecified atom stereocenters. The number of aromatic nitrogens is 3. The number of amides is 1. The first-order valence-corrected chi connectivity index (χ1v) is 7.36. The van der Waals surface area contributed by atoms with Gasteiger partial charge >= 0.3 is 6.18 Å². The number of alkyl halides is 3. The van der Waals surface area contributed by atoms with Crippen molar-refractivity contribution in [1.82, 2.24) is 20.3 Å². The van der Waals surface area contributed by atoms with Crippen molar-refractivity contribution in [2.45, 2.75) is 12.7 Å². The molecule has 0 aliphatic rings. The van der Waals surface area contributed by atoms with Crippen LogP contribution in [-0.2, 0) is 12.7 Å². The minimum atomic E-state index is -4.53. The van der Waals surface area contributed by atoms with Gasteiger partial charge in [0, 0.05) is 6.54 Å². The third-order valence-corrected chi connectivity index (χ3v) is 3.48. The van der Waals surface area contributed by atoms with Crippen molar-refractivity contribution in [1.29, 1.82) is 0 Å². The third kappa shape index (κ3) is 3.85. The summed E-state index contributed by atoms with van der Waals surface area (Å²) in [6, 6.07) is 14.2. The number of para-hydroxylation sites is 1. The Morgan fingerprint density at radius 1 is 1.04 bits per heavy atom. The van der Waals surface area contributed by atoms with E-state index in [4.69, 9.17) is 0 Å². The number of nitrogens with one attached hydrogen (secondary N) is 1. The first kappa shape index (κ1) is 16.7. The molecule has 0 aliphatic heterocycles. The Morgan fingerprint density at radius 3 is 2.44 bits per heavy atom. The molecule has 1 heterocycles. The highest BCUT2D eigenvalue weighted by molar-refractivity contribution is 5.91. The zero-order chi connectivity index (χ0) is 17.9. The highest BCUT2D eigenvalue weighted by Gasteiger charge is 2.34. The highest BCUT2D eigenvalue weighted by Crippen LogP contribution is 2.33. The van der Waals surface area contributed by atoms with Crippen LogP contribution in [0, 0.1) is 0 Å². The lowest BCUT2D eigenvalue weighted by atomic mass is 10.1. The van der Waals surface area contributed by atoms with Crippen molar-refractivity contribution in [2.75, 3.05) is 0 Å². The molecule has 1 amide bonds. The summed E-state index contributed by atoms with van der Waals surface area (Å²) in [5, 5.41) is 9.95. The molecule has 5 nitrogen and oxygen atoms in total. The monoisotopic (exact) mass is 346 g/mol. The molecule has 0 aliphatic carbocycles. The molecule has 8 heteroatoms. The summed E-state index contributed by atoms with van der Waals surface area (Å²) in [7, 11) is 0. The van der Waals surface area contributed by atoms with Gasteiger partial charge in [-0.05, 0) is 17.7 Å². The Labute approximate surface area is 141 Å². The fourth-order valence-electron chi connectivity index (χ4n) is 2.27. The lowest BCUT2D eigenvalue weighted by Gasteiger charge is -2.11. The number of halogens is 3. The molecule has 0 spiro atoms. The van der Waals surface area contributed by atoms with E-state index >= 15 is 0 Å². The van der Waals surface area contributed by atoms with E-state index in [1.165, 1.54) is 24.4 Å². The van der Waals surface area contributed by atoms with Crippen molar-refractivity contribution < 1.29 is 18.0 Å². The van der Waals surface area contributed by atoms with Gasteiger partial charge in [0.1, 0.15) is 0 Å². The highest BCUT2D eigenvalue weighted by atomic mass is 19.4. The van der Waals surface area contributed by atoms with Crippen LogP contribution in [0.25, 0.3) is 5.69 Å². The van der Waals surface area contributed by atoms with Gasteiger partial charge in [-0.15, -0.1) is 5.10 Å². The lowest BCUT2D eigenvalue weighted by Crippen LogP contribution is -2.23. The zero-order valence-electron chi connectivity index (χ0n) is 12.9. The SMILES string of the molecule is O=C(NCc1ccccc1)c1cn(-c2ccccc2C(F)(F)F)nn1. The Morgan fingerprint density at radius 2 is 1.72 bits per heavy atom. The number of nitrogens with zero attached hydrogens (tertiary/aromatic N) is 3. The smallest absolute Gasteiger partial charge is 0.347 e. The van der Waals surface area contributed by atoms with Gasteiger partial charge in [0.2, 0.25) is 0 Å². The van der Waals surface area contributed by atoms with Gasteiger partial charge in [-0.25, -0.2) is 4.68 Å². The summed E-state index contributed by atoms with van der Waals surface area (Å²) in [6.45, 7) is 0.283. The maximum atomic E-state index is 13.1. The molecule has 1 aromatic heterocycles. The van der Waals surface area contributed by atoms with Gasteiger partial charge in [0.25, 0.3) is 5.91 Å². The van der Waals surface area contributed by atoms with Crippen LogP contribution in [-0.4, -0.2) is 20.9 Å². The largest absolute Gasteiger partial charge is 0.418 e. The lowest BCUT2D eigenvalue weighted by molar-refractivity contribution is -0.137. The van der Waals surface area contributed by atoms with Crippen molar-refractivity contribution in [3.8, 4) is 5.69 Å². The summed E-state index contributed by atoms with van der Waals surface area (Å²) >= 11 is 0. The minimum absolute atomic E-state index is 0.0621. The Kier molecular flexibility index (Phi) is 4.51. The third-order valence-electron chi connectivity index (χ3n) is 3.48. The van der Waals surface area contributed by atoms with Crippen LogP contribution < -0.4 is 5.32 Å². The van der Waals surface area contributed by atoms with Crippen LogP contribution in [0.3, 0.4) is 0 Å². The van der Waals surface area contributed by atoms with E-state index in [1.807, 2.05) is 30.3 Å². The Bertz CT molecular complexity index is 875. The minimum Gasteiger partial charge on any atom is -0.347 e. The molecule has 3 rings (SSSR count). The van der Waals surface area contributed by atoms with E-state index in [0.29, 0.717) is 0 Å². The van der Waals surface area contributed by atoms with E-state index in [1.54, 1.807) is 0 Å². The van der Waals surface area contributed by atoms with E-state index in [-0.39, 0.29) is 17.9 Å². The molecule has 0 saturated heterocycles. The quantitative estimate of drug-likeness (QED) is 0.789. The van der Waals surface area contributed by atoms with E-state index < -0.39 is 17.6 Å². The summed E-state index contributed by atoms with van der Waals surface area (Å²) in [4.78, 5) is 12.1. The molecule has 0 bridgehead atoms. The van der Waals surface area contributed by atoms with Crippen molar-refractivity contribution >= 4 is 5.91 Å².